The first-order chi connectivity index (χ1) is 6.39. The van der Waals surface area contributed by atoms with Crippen molar-refractivity contribution in [2.75, 3.05) is 19.6 Å². The smallest absolute Gasteiger partial charge is 0.382 e. The SMILES string of the molecule is N[C@@H]1CCCN(CC(O)C(F)(F)F)C1. The van der Waals surface area contributed by atoms with Crippen LogP contribution in [-0.4, -0.2) is 48.0 Å². The van der Waals surface area contributed by atoms with Crippen LogP contribution < -0.4 is 5.73 Å². The van der Waals surface area contributed by atoms with E-state index in [2.05, 4.69) is 0 Å². The molecule has 14 heavy (non-hydrogen) atoms. The van der Waals surface area contributed by atoms with Crippen molar-refractivity contribution >= 4 is 0 Å². The molecular weight excluding hydrogens is 197 g/mol. The molecule has 1 saturated heterocycles. The van der Waals surface area contributed by atoms with E-state index < -0.39 is 12.3 Å². The number of nitrogens with zero attached hydrogens (tertiary/aromatic N) is 1. The lowest BCUT2D eigenvalue weighted by Gasteiger charge is -2.32. The number of alkyl halides is 3. The van der Waals surface area contributed by atoms with Crippen LogP contribution in [0, 0.1) is 0 Å². The van der Waals surface area contributed by atoms with Crippen molar-refractivity contribution in [3.05, 3.63) is 0 Å². The van der Waals surface area contributed by atoms with Crippen molar-refractivity contribution in [3.63, 3.8) is 0 Å². The zero-order chi connectivity index (χ0) is 10.8. The summed E-state index contributed by atoms with van der Waals surface area (Å²) in [5.74, 6) is 0. The molecule has 0 spiro atoms. The molecule has 1 aliphatic heterocycles. The summed E-state index contributed by atoms with van der Waals surface area (Å²) in [6.45, 7) is 0.658. The predicted molar refractivity (Wildman–Crippen MR) is 45.7 cm³/mol. The van der Waals surface area contributed by atoms with Crippen molar-refractivity contribution in [1.82, 2.24) is 4.90 Å². The van der Waals surface area contributed by atoms with E-state index >= 15 is 0 Å². The fraction of sp³-hybridized carbons (Fsp3) is 1.00. The number of β-amino-alcohol motifs (C(OH)–C–C–N with tert-alkyl or cyclic N) is 1. The van der Waals surface area contributed by atoms with Crippen molar-refractivity contribution in [2.45, 2.75) is 31.2 Å². The highest BCUT2D eigenvalue weighted by Gasteiger charge is 2.39. The second kappa shape index (κ2) is 4.46. The van der Waals surface area contributed by atoms with E-state index in [1.54, 1.807) is 4.90 Å². The first-order valence-corrected chi connectivity index (χ1v) is 4.62. The minimum absolute atomic E-state index is 0.0656. The second-order valence-electron chi connectivity index (χ2n) is 3.72. The summed E-state index contributed by atoms with van der Waals surface area (Å²) in [5.41, 5.74) is 5.61. The van der Waals surface area contributed by atoms with Gasteiger partial charge in [-0.05, 0) is 19.4 Å². The first-order valence-electron chi connectivity index (χ1n) is 4.62. The van der Waals surface area contributed by atoms with Gasteiger partial charge in [-0.15, -0.1) is 0 Å². The van der Waals surface area contributed by atoms with Crippen LogP contribution in [-0.2, 0) is 0 Å². The molecule has 1 unspecified atom stereocenters. The Bertz CT molecular complexity index is 186. The standard InChI is InChI=1S/C8H15F3N2O/c9-8(10,11)7(14)5-13-3-1-2-6(12)4-13/h6-7,14H,1-5,12H2/t6-,7?/m1/s1. The molecule has 2 atom stereocenters. The number of hydrogen-bond donors (Lipinski definition) is 2. The molecule has 3 N–H and O–H groups in total. The topological polar surface area (TPSA) is 49.5 Å². The average molecular weight is 212 g/mol. The first kappa shape index (κ1) is 11.7. The van der Waals surface area contributed by atoms with Gasteiger partial charge in [0.05, 0.1) is 0 Å². The summed E-state index contributed by atoms with van der Waals surface area (Å²) in [6.07, 6.45) is -5.14. The minimum atomic E-state index is -4.53. The third-order valence-electron chi connectivity index (χ3n) is 2.35. The molecular formula is C8H15F3N2O. The molecule has 0 aliphatic carbocycles. The van der Waals surface area contributed by atoms with Gasteiger partial charge in [-0.25, -0.2) is 0 Å². The van der Waals surface area contributed by atoms with Crippen LogP contribution in [0.15, 0.2) is 0 Å². The van der Waals surface area contributed by atoms with E-state index in [1.165, 1.54) is 0 Å². The largest absolute Gasteiger partial charge is 0.415 e. The molecule has 3 nitrogen and oxygen atoms in total. The number of rotatable bonds is 2. The second-order valence-corrected chi connectivity index (χ2v) is 3.72. The number of hydrogen-bond acceptors (Lipinski definition) is 3. The van der Waals surface area contributed by atoms with Gasteiger partial charge < -0.3 is 10.8 Å². The molecule has 0 aromatic heterocycles. The number of likely N-dealkylation sites (tertiary alicyclic amines) is 1. The lowest BCUT2D eigenvalue weighted by molar-refractivity contribution is -0.208. The van der Waals surface area contributed by atoms with E-state index in [0.717, 1.165) is 12.8 Å². The van der Waals surface area contributed by atoms with Gasteiger partial charge in [-0.3, -0.25) is 4.90 Å². The fourth-order valence-electron chi connectivity index (χ4n) is 1.61. The van der Waals surface area contributed by atoms with Gasteiger partial charge >= 0.3 is 6.18 Å². The molecule has 0 aromatic carbocycles. The maximum absolute atomic E-state index is 12.0. The van der Waals surface area contributed by atoms with Gasteiger partial charge in [0.25, 0.3) is 0 Å². The molecule has 1 fully saturated rings. The van der Waals surface area contributed by atoms with Crippen molar-refractivity contribution in [1.29, 1.82) is 0 Å². The Hall–Kier alpha value is -0.330. The van der Waals surface area contributed by atoms with Gasteiger partial charge in [0.2, 0.25) is 0 Å². The molecule has 0 radical (unpaired) electrons. The maximum Gasteiger partial charge on any atom is 0.415 e. The van der Waals surface area contributed by atoms with Gasteiger partial charge in [0, 0.05) is 19.1 Å². The van der Waals surface area contributed by atoms with Crippen molar-refractivity contribution < 1.29 is 18.3 Å². The maximum atomic E-state index is 12.0. The van der Waals surface area contributed by atoms with Gasteiger partial charge in [-0.1, -0.05) is 0 Å². The molecule has 0 aromatic rings. The molecule has 84 valence electrons. The summed E-state index contributed by atoms with van der Waals surface area (Å²) in [5, 5.41) is 8.82. The number of aliphatic hydroxyl groups excluding tert-OH is 1. The van der Waals surface area contributed by atoms with Crippen LogP contribution in [0.2, 0.25) is 0 Å². The third kappa shape index (κ3) is 3.43. The van der Waals surface area contributed by atoms with Crippen LogP contribution in [0.25, 0.3) is 0 Å². The Labute approximate surface area is 80.7 Å². The lowest BCUT2D eigenvalue weighted by atomic mass is 10.1. The normalized spacial score (nSPS) is 27.6. The zero-order valence-corrected chi connectivity index (χ0v) is 7.80. The highest BCUT2D eigenvalue weighted by atomic mass is 19.4. The van der Waals surface area contributed by atoms with Crippen LogP contribution >= 0.6 is 0 Å². The van der Waals surface area contributed by atoms with E-state index in [-0.39, 0.29) is 12.6 Å². The number of halogens is 3. The average Bonchev–Trinajstić information content (AvgIpc) is 2.02. The highest BCUT2D eigenvalue weighted by molar-refractivity contribution is 4.78. The summed E-state index contributed by atoms with van der Waals surface area (Å²) >= 11 is 0. The number of aliphatic hydroxyl groups is 1. The van der Waals surface area contributed by atoms with Gasteiger partial charge in [-0.2, -0.15) is 13.2 Å². The Balaban J connectivity index is 2.36. The molecule has 0 bridgehead atoms. The molecule has 0 saturated carbocycles. The van der Waals surface area contributed by atoms with Crippen molar-refractivity contribution in [2.24, 2.45) is 5.73 Å². The Kier molecular flexibility index (Phi) is 3.74. The Morgan fingerprint density at radius 1 is 1.50 bits per heavy atom. The fourth-order valence-corrected chi connectivity index (χ4v) is 1.61. The molecule has 1 rings (SSSR count). The summed E-state index contributed by atoms with van der Waals surface area (Å²) in [6, 6.07) is -0.0656. The van der Waals surface area contributed by atoms with Crippen LogP contribution in [0.4, 0.5) is 13.2 Å². The molecule has 0 amide bonds. The van der Waals surface area contributed by atoms with Crippen LogP contribution in [0.1, 0.15) is 12.8 Å². The Morgan fingerprint density at radius 2 is 2.14 bits per heavy atom. The monoisotopic (exact) mass is 212 g/mol. The predicted octanol–water partition coefficient (Wildman–Crippen LogP) is 0.333. The van der Waals surface area contributed by atoms with E-state index in [9.17, 15) is 13.2 Å². The summed E-state index contributed by atoms with van der Waals surface area (Å²) in [7, 11) is 0. The van der Waals surface area contributed by atoms with E-state index in [1.807, 2.05) is 0 Å². The summed E-state index contributed by atoms with van der Waals surface area (Å²) < 4.78 is 36.0. The quantitative estimate of drug-likeness (QED) is 0.693. The van der Waals surface area contributed by atoms with E-state index in [4.69, 9.17) is 10.8 Å². The third-order valence-corrected chi connectivity index (χ3v) is 2.35. The number of nitrogens with two attached hydrogens (primary N) is 1. The van der Waals surface area contributed by atoms with Crippen molar-refractivity contribution in [3.8, 4) is 0 Å². The number of piperidine rings is 1. The van der Waals surface area contributed by atoms with Gasteiger partial charge in [0.15, 0.2) is 6.10 Å². The zero-order valence-electron chi connectivity index (χ0n) is 7.80. The lowest BCUT2D eigenvalue weighted by Crippen LogP contribution is -2.48. The van der Waals surface area contributed by atoms with Crippen LogP contribution in [0.5, 0.6) is 0 Å². The van der Waals surface area contributed by atoms with E-state index in [0.29, 0.717) is 13.1 Å². The minimum Gasteiger partial charge on any atom is -0.382 e. The van der Waals surface area contributed by atoms with Crippen LogP contribution in [0.3, 0.4) is 0 Å². The van der Waals surface area contributed by atoms with Gasteiger partial charge in [0.1, 0.15) is 0 Å². The molecule has 1 heterocycles. The summed E-state index contributed by atoms with van der Waals surface area (Å²) in [4.78, 5) is 1.56. The highest BCUT2D eigenvalue weighted by Crippen LogP contribution is 2.21. The Morgan fingerprint density at radius 3 is 2.64 bits per heavy atom. The molecule has 1 aliphatic rings. The molecule has 6 heteroatoms.